The van der Waals surface area contributed by atoms with E-state index in [4.69, 9.17) is 23.4 Å². The summed E-state index contributed by atoms with van der Waals surface area (Å²) in [5.74, 6) is 1.86. The molecule has 0 aliphatic heterocycles. The Bertz CT molecular complexity index is 3820. The van der Waals surface area contributed by atoms with E-state index in [-0.39, 0.29) is 27.9 Å². The number of hydrogen-bond acceptors (Lipinski definition) is 2. The van der Waals surface area contributed by atoms with E-state index in [1.807, 2.05) is 97.2 Å². The zero-order valence-corrected chi connectivity index (χ0v) is 32.1. The first-order valence-corrected chi connectivity index (χ1v) is 19.4. The van der Waals surface area contributed by atoms with E-state index in [2.05, 4.69) is 54.2 Å². The van der Waals surface area contributed by atoms with Gasteiger partial charge in [-0.3, -0.25) is 13.7 Å². The highest BCUT2D eigenvalue weighted by Gasteiger charge is 2.20. The Morgan fingerprint density at radius 2 is 1.20 bits per heavy atom. The van der Waals surface area contributed by atoms with E-state index in [1.54, 1.807) is 27.3 Å². The van der Waals surface area contributed by atoms with Gasteiger partial charge in [0.05, 0.1) is 47.1 Å². The third-order valence-electron chi connectivity index (χ3n) is 10.7. The van der Waals surface area contributed by atoms with Crippen LogP contribution in [0.3, 0.4) is 0 Å². The lowest BCUT2D eigenvalue weighted by Crippen LogP contribution is -2.31. The number of imidazole rings is 1. The van der Waals surface area contributed by atoms with E-state index in [0.29, 0.717) is 28.2 Å². The summed E-state index contributed by atoms with van der Waals surface area (Å²) in [6, 6.07) is 41.0. The number of hydrogen-bond donors (Lipinski definition) is 0. The van der Waals surface area contributed by atoms with Gasteiger partial charge < -0.3 is 4.74 Å². The van der Waals surface area contributed by atoms with Gasteiger partial charge in [-0.2, -0.15) is 0 Å². The topological polar surface area (TPSA) is 35.9 Å². The van der Waals surface area contributed by atoms with Gasteiger partial charge in [0.2, 0.25) is 0 Å². The summed E-state index contributed by atoms with van der Waals surface area (Å²) in [6.45, 7) is 2.06. The Kier molecular flexibility index (Phi) is 6.40. The highest BCUT2D eigenvalue weighted by atomic mass is 16.5. The molecule has 11 rings (SSSR count). The van der Waals surface area contributed by atoms with E-state index in [0.717, 1.165) is 44.3 Å². The maximum atomic E-state index is 9.01. The summed E-state index contributed by atoms with van der Waals surface area (Å²) in [5.41, 5.74) is 7.22. The van der Waals surface area contributed by atoms with Crippen molar-refractivity contribution in [2.75, 3.05) is 0 Å². The normalized spacial score (nSPS) is 13.8. The molecule has 11 aromatic rings. The first kappa shape index (κ1) is 26.1. The SMILES string of the molecule is [2H]c1c([2H])c([2H])c(-c2cccc(-c3c([2H])c([2H])c([2H])c([2H])c3[2H])c2-[n+]2[c-]n(-c3cccc(Oc4ccc5c6ccccc6n(-c6cc(-c7ccccc7)c(C)cn6)c5c4)c3)c3ccccc32)c([2H])c1[2H]. The van der Waals surface area contributed by atoms with Crippen molar-refractivity contribution in [2.45, 2.75) is 6.92 Å². The van der Waals surface area contributed by atoms with Gasteiger partial charge >= 0.3 is 0 Å². The second kappa shape index (κ2) is 14.7. The van der Waals surface area contributed by atoms with Gasteiger partial charge in [-0.1, -0.05) is 157 Å². The molecule has 0 amide bonds. The number of aromatic nitrogens is 4. The standard InChI is InChI=1S/C55H38N4O/c1-38-36-56-54(35-49(38)41-21-9-4-10-22-41)59-50-28-12-11-25-47(50)48-32-31-44(34-53(48)59)60-43-24-15-23-42(33-43)57-37-58(52-30-14-13-29-51(52)57)55-45(39-17-5-2-6-18-39)26-16-27-46(55)40-19-7-3-8-20-40/h2-36H,1H3/i2D,3D,5D,6D,7D,8D,17D,18D,19D,20D. The number of benzene rings is 8. The first-order chi connectivity index (χ1) is 33.8. The van der Waals surface area contributed by atoms with Crippen molar-refractivity contribution in [1.82, 2.24) is 14.1 Å². The maximum Gasteiger partial charge on any atom is 0.269 e. The van der Waals surface area contributed by atoms with E-state index >= 15 is 0 Å². The van der Waals surface area contributed by atoms with Crippen molar-refractivity contribution in [2.24, 2.45) is 0 Å². The Balaban J connectivity index is 1.07. The Morgan fingerprint density at radius 3 is 1.97 bits per heavy atom. The van der Waals surface area contributed by atoms with Crippen LogP contribution in [-0.2, 0) is 0 Å². The number of aryl methyl sites for hydroxylation is 1. The molecule has 0 N–H and O–H groups in total. The van der Waals surface area contributed by atoms with Gasteiger partial charge in [-0.25, -0.2) is 4.98 Å². The monoisotopic (exact) mass is 780 g/mol. The predicted octanol–water partition coefficient (Wildman–Crippen LogP) is 13.3. The zero-order valence-electron chi connectivity index (χ0n) is 42.1. The highest BCUT2D eigenvalue weighted by Crippen LogP contribution is 2.38. The van der Waals surface area contributed by atoms with Crippen molar-refractivity contribution in [1.29, 1.82) is 0 Å². The molecule has 0 fully saturated rings. The molecule has 5 heteroatoms. The average Bonchev–Trinajstić information content (AvgIpc) is 3.93. The molecule has 3 aromatic heterocycles. The number of nitrogens with zero attached hydrogens (tertiary/aromatic N) is 4. The van der Waals surface area contributed by atoms with Crippen molar-refractivity contribution >= 4 is 32.8 Å². The number of pyridine rings is 1. The molecule has 0 radical (unpaired) electrons. The Hall–Kier alpha value is -8.02. The van der Waals surface area contributed by atoms with Crippen molar-refractivity contribution in [3.63, 3.8) is 0 Å². The summed E-state index contributed by atoms with van der Waals surface area (Å²) in [4.78, 5) is 4.93. The molecule has 0 aliphatic carbocycles. The lowest BCUT2D eigenvalue weighted by molar-refractivity contribution is -0.571. The van der Waals surface area contributed by atoms with Gasteiger partial charge in [0, 0.05) is 23.0 Å². The number of rotatable bonds is 8. The molecule has 0 bridgehead atoms. The average molecular weight is 781 g/mol. The highest BCUT2D eigenvalue weighted by molar-refractivity contribution is 6.09. The molecule has 0 atom stereocenters. The minimum atomic E-state index is -0.567. The van der Waals surface area contributed by atoms with Crippen LogP contribution in [0.4, 0.5) is 0 Å². The van der Waals surface area contributed by atoms with Crippen LogP contribution < -0.4 is 9.30 Å². The van der Waals surface area contributed by atoms with Crippen LogP contribution in [0.2, 0.25) is 0 Å². The molecule has 3 heterocycles. The molecule has 284 valence electrons. The van der Waals surface area contributed by atoms with Gasteiger partial charge in [-0.15, -0.1) is 0 Å². The molecular weight excluding hydrogens is 733 g/mol. The van der Waals surface area contributed by atoms with Gasteiger partial charge in [-0.05, 0) is 88.3 Å². The number of para-hydroxylation sites is 4. The quantitative estimate of drug-likeness (QED) is 0.114. The molecule has 60 heavy (non-hydrogen) atoms. The molecular formula is C55H38N4O. The Morgan fingerprint density at radius 1 is 0.550 bits per heavy atom. The van der Waals surface area contributed by atoms with Gasteiger partial charge in [0.25, 0.3) is 6.33 Å². The lowest BCUT2D eigenvalue weighted by atomic mass is 9.95. The molecule has 0 unspecified atom stereocenters. The fraction of sp³-hybridized carbons (Fsp3) is 0.0182. The van der Waals surface area contributed by atoms with Crippen LogP contribution in [-0.4, -0.2) is 14.1 Å². The third kappa shape index (κ3) is 6.12. The van der Waals surface area contributed by atoms with Crippen LogP contribution >= 0.6 is 0 Å². The second-order valence-electron chi connectivity index (χ2n) is 14.3. The maximum absolute atomic E-state index is 9.01. The zero-order chi connectivity index (χ0) is 48.7. The Labute approximate surface area is 362 Å². The van der Waals surface area contributed by atoms with Crippen LogP contribution in [0.1, 0.15) is 19.3 Å². The van der Waals surface area contributed by atoms with Gasteiger partial charge in [0.15, 0.2) is 0 Å². The van der Waals surface area contributed by atoms with E-state index in [1.165, 1.54) is 0 Å². The summed E-state index contributed by atoms with van der Waals surface area (Å²) in [6.07, 6.45) is 5.34. The lowest BCUT2D eigenvalue weighted by Gasteiger charge is -2.17. The summed E-state index contributed by atoms with van der Waals surface area (Å²) >= 11 is 0. The third-order valence-corrected chi connectivity index (χ3v) is 10.7. The fourth-order valence-corrected chi connectivity index (χ4v) is 8.02. The van der Waals surface area contributed by atoms with Crippen molar-refractivity contribution in [3.05, 3.63) is 224 Å². The fourth-order valence-electron chi connectivity index (χ4n) is 8.02. The summed E-state index contributed by atoms with van der Waals surface area (Å²) in [5, 5.41) is 2.10. The number of ether oxygens (including phenoxy) is 1. The molecule has 0 spiro atoms. The predicted molar refractivity (Wildman–Crippen MR) is 243 cm³/mol. The van der Waals surface area contributed by atoms with Crippen LogP contribution in [0, 0.1) is 13.3 Å². The smallest absolute Gasteiger partial charge is 0.269 e. The van der Waals surface area contributed by atoms with Gasteiger partial charge in [0.1, 0.15) is 17.3 Å². The second-order valence-corrected chi connectivity index (χ2v) is 14.3. The minimum Gasteiger partial charge on any atom is -0.458 e. The first-order valence-electron chi connectivity index (χ1n) is 24.4. The minimum absolute atomic E-state index is 0.130. The molecule has 8 aromatic carbocycles. The summed E-state index contributed by atoms with van der Waals surface area (Å²) < 4.78 is 99.2. The molecule has 0 aliphatic rings. The number of fused-ring (bicyclic) bond motifs is 4. The summed E-state index contributed by atoms with van der Waals surface area (Å²) in [7, 11) is 0. The largest absolute Gasteiger partial charge is 0.458 e. The van der Waals surface area contributed by atoms with Crippen molar-refractivity contribution < 1.29 is 23.0 Å². The van der Waals surface area contributed by atoms with Crippen LogP contribution in [0.5, 0.6) is 11.5 Å². The van der Waals surface area contributed by atoms with Crippen LogP contribution in [0.15, 0.2) is 212 Å². The molecule has 0 saturated heterocycles. The molecule has 5 nitrogen and oxygen atoms in total. The van der Waals surface area contributed by atoms with Crippen molar-refractivity contribution in [3.8, 4) is 62.1 Å². The van der Waals surface area contributed by atoms with E-state index in [9.17, 15) is 0 Å². The molecule has 0 saturated carbocycles. The van der Waals surface area contributed by atoms with Crippen LogP contribution in [0.25, 0.3) is 83.4 Å². The van der Waals surface area contributed by atoms with E-state index < -0.39 is 60.4 Å².